The van der Waals surface area contributed by atoms with Crippen LogP contribution in [0.4, 0.5) is 4.39 Å². The number of benzene rings is 1. The maximum absolute atomic E-state index is 13.5. The first-order valence-corrected chi connectivity index (χ1v) is 7.94. The first-order valence-electron chi connectivity index (χ1n) is 7.12. The third kappa shape index (κ3) is 3.75. The zero-order valence-electron chi connectivity index (χ0n) is 12.0. The molecule has 0 unspecified atom stereocenters. The van der Waals surface area contributed by atoms with Crippen molar-refractivity contribution >= 4 is 11.3 Å². The fraction of sp³-hybridized carbons (Fsp3) is 0.176. The van der Waals surface area contributed by atoms with Gasteiger partial charge in [0.1, 0.15) is 10.8 Å². The zero-order chi connectivity index (χ0) is 15.2. The predicted octanol–water partition coefficient (Wildman–Crippen LogP) is 3.68. The van der Waals surface area contributed by atoms with E-state index in [-0.39, 0.29) is 5.82 Å². The van der Waals surface area contributed by atoms with Crippen LogP contribution in [0.3, 0.4) is 0 Å². The van der Waals surface area contributed by atoms with Crippen LogP contribution in [0.25, 0.3) is 10.4 Å². The molecule has 112 valence electrons. The van der Waals surface area contributed by atoms with E-state index in [0.29, 0.717) is 13.0 Å². The van der Waals surface area contributed by atoms with Crippen molar-refractivity contribution < 1.29 is 4.39 Å². The highest BCUT2D eigenvalue weighted by molar-refractivity contribution is 7.15. The molecule has 5 heteroatoms. The molecule has 0 aliphatic rings. The molecular formula is C17H16FN3S. The minimum atomic E-state index is -0.141. The van der Waals surface area contributed by atoms with Gasteiger partial charge in [-0.1, -0.05) is 24.3 Å². The van der Waals surface area contributed by atoms with Gasteiger partial charge in [0.15, 0.2) is 0 Å². The fourth-order valence-corrected chi connectivity index (χ4v) is 3.03. The van der Waals surface area contributed by atoms with Crippen molar-refractivity contribution in [1.82, 2.24) is 15.3 Å². The number of nitrogens with one attached hydrogen (secondary N) is 1. The van der Waals surface area contributed by atoms with Crippen LogP contribution in [-0.4, -0.2) is 16.5 Å². The van der Waals surface area contributed by atoms with Crippen LogP contribution in [0.5, 0.6) is 0 Å². The zero-order valence-corrected chi connectivity index (χ0v) is 12.8. The first-order chi connectivity index (χ1) is 10.8. The summed E-state index contributed by atoms with van der Waals surface area (Å²) in [5.74, 6) is -0.141. The number of halogens is 1. The van der Waals surface area contributed by atoms with Gasteiger partial charge in [0.05, 0.1) is 4.88 Å². The number of rotatable bonds is 6. The molecule has 0 radical (unpaired) electrons. The van der Waals surface area contributed by atoms with Crippen molar-refractivity contribution in [2.75, 3.05) is 6.54 Å². The van der Waals surface area contributed by atoms with Gasteiger partial charge in [0, 0.05) is 30.7 Å². The molecule has 3 aromatic rings. The Morgan fingerprint density at radius 2 is 2.00 bits per heavy atom. The SMILES string of the molecule is Fc1ccccc1CCNCc1ncc(-c2cccnc2)s1. The van der Waals surface area contributed by atoms with Gasteiger partial charge < -0.3 is 5.32 Å². The lowest BCUT2D eigenvalue weighted by Gasteiger charge is -2.04. The summed E-state index contributed by atoms with van der Waals surface area (Å²) in [7, 11) is 0. The van der Waals surface area contributed by atoms with Crippen LogP contribution >= 0.6 is 11.3 Å². The minimum absolute atomic E-state index is 0.141. The summed E-state index contributed by atoms with van der Waals surface area (Å²) in [6.07, 6.45) is 6.14. The molecule has 22 heavy (non-hydrogen) atoms. The van der Waals surface area contributed by atoms with E-state index in [4.69, 9.17) is 0 Å². The topological polar surface area (TPSA) is 37.8 Å². The molecule has 1 aromatic carbocycles. The summed E-state index contributed by atoms with van der Waals surface area (Å²) >= 11 is 1.65. The molecule has 3 rings (SSSR count). The Hall–Kier alpha value is -2.11. The van der Waals surface area contributed by atoms with Gasteiger partial charge in [-0.05, 0) is 30.7 Å². The molecule has 0 aliphatic heterocycles. The second kappa shape index (κ2) is 7.24. The average Bonchev–Trinajstić information content (AvgIpc) is 3.03. The highest BCUT2D eigenvalue weighted by Gasteiger charge is 2.05. The summed E-state index contributed by atoms with van der Waals surface area (Å²) in [6.45, 7) is 1.42. The van der Waals surface area contributed by atoms with Gasteiger partial charge in [-0.25, -0.2) is 9.37 Å². The van der Waals surface area contributed by atoms with Crippen LogP contribution in [0.15, 0.2) is 55.0 Å². The molecule has 2 heterocycles. The van der Waals surface area contributed by atoms with E-state index >= 15 is 0 Å². The Labute approximate surface area is 132 Å². The Kier molecular flexibility index (Phi) is 4.88. The van der Waals surface area contributed by atoms with Gasteiger partial charge in [-0.15, -0.1) is 11.3 Å². The van der Waals surface area contributed by atoms with Gasteiger partial charge in [0.2, 0.25) is 0 Å². The summed E-state index contributed by atoms with van der Waals surface area (Å²) < 4.78 is 13.5. The second-order valence-electron chi connectivity index (χ2n) is 4.88. The number of hydrogen-bond donors (Lipinski definition) is 1. The maximum Gasteiger partial charge on any atom is 0.126 e. The summed E-state index contributed by atoms with van der Waals surface area (Å²) in [6, 6.07) is 10.8. The molecule has 0 spiro atoms. The summed E-state index contributed by atoms with van der Waals surface area (Å²) in [4.78, 5) is 9.63. The predicted molar refractivity (Wildman–Crippen MR) is 87.2 cm³/mol. The van der Waals surface area contributed by atoms with Crippen LogP contribution in [0.1, 0.15) is 10.6 Å². The largest absolute Gasteiger partial charge is 0.310 e. The molecule has 0 amide bonds. The van der Waals surface area contributed by atoms with Gasteiger partial charge in [0.25, 0.3) is 0 Å². The number of thiazole rings is 1. The Morgan fingerprint density at radius 1 is 1.09 bits per heavy atom. The van der Waals surface area contributed by atoms with Crippen LogP contribution < -0.4 is 5.32 Å². The average molecular weight is 313 g/mol. The quantitative estimate of drug-likeness (QED) is 0.706. The third-order valence-corrected chi connectivity index (χ3v) is 4.35. The van der Waals surface area contributed by atoms with Gasteiger partial charge in [-0.2, -0.15) is 0 Å². The highest BCUT2D eigenvalue weighted by atomic mass is 32.1. The second-order valence-corrected chi connectivity index (χ2v) is 5.99. The standard InChI is InChI=1S/C17H16FN3S/c18-15-6-2-1-4-13(15)7-9-20-12-17-21-11-16(22-17)14-5-3-8-19-10-14/h1-6,8,10-11,20H,7,9,12H2. The van der Waals surface area contributed by atoms with Crippen molar-refractivity contribution in [3.05, 3.63) is 71.4 Å². The highest BCUT2D eigenvalue weighted by Crippen LogP contribution is 2.24. The first kappa shape index (κ1) is 14.8. The van der Waals surface area contributed by atoms with E-state index in [1.165, 1.54) is 6.07 Å². The number of hydrogen-bond acceptors (Lipinski definition) is 4. The van der Waals surface area contributed by atoms with Crippen LogP contribution in [-0.2, 0) is 13.0 Å². The monoisotopic (exact) mass is 313 g/mol. The van der Waals surface area contributed by atoms with Crippen molar-refractivity contribution in [2.45, 2.75) is 13.0 Å². The lowest BCUT2D eigenvalue weighted by atomic mass is 10.1. The Balaban J connectivity index is 1.51. The van der Waals surface area contributed by atoms with Crippen molar-refractivity contribution in [3.63, 3.8) is 0 Å². The maximum atomic E-state index is 13.5. The van der Waals surface area contributed by atoms with E-state index in [9.17, 15) is 4.39 Å². The van der Waals surface area contributed by atoms with E-state index in [1.54, 1.807) is 23.6 Å². The summed E-state index contributed by atoms with van der Waals surface area (Å²) in [5, 5.41) is 4.33. The molecular weight excluding hydrogens is 297 g/mol. The van der Waals surface area contributed by atoms with Gasteiger partial charge >= 0.3 is 0 Å². The van der Waals surface area contributed by atoms with E-state index < -0.39 is 0 Å². The van der Waals surface area contributed by atoms with Crippen LogP contribution in [0.2, 0.25) is 0 Å². The molecule has 0 saturated carbocycles. The van der Waals surface area contributed by atoms with Crippen molar-refractivity contribution in [1.29, 1.82) is 0 Å². The molecule has 0 aliphatic carbocycles. The number of aromatic nitrogens is 2. The number of nitrogens with zero attached hydrogens (tertiary/aromatic N) is 2. The summed E-state index contributed by atoms with van der Waals surface area (Å²) in [5.41, 5.74) is 1.82. The fourth-order valence-electron chi connectivity index (χ4n) is 2.15. The van der Waals surface area contributed by atoms with Gasteiger partial charge in [-0.3, -0.25) is 4.98 Å². The Bertz CT molecular complexity index is 728. The van der Waals surface area contributed by atoms with Crippen molar-refractivity contribution in [2.24, 2.45) is 0 Å². The lowest BCUT2D eigenvalue weighted by Crippen LogP contribution is -2.16. The van der Waals surface area contributed by atoms with Crippen molar-refractivity contribution in [3.8, 4) is 10.4 Å². The lowest BCUT2D eigenvalue weighted by molar-refractivity contribution is 0.597. The Morgan fingerprint density at radius 3 is 2.82 bits per heavy atom. The molecule has 3 nitrogen and oxygen atoms in total. The van der Waals surface area contributed by atoms with E-state index in [1.807, 2.05) is 36.7 Å². The molecule has 0 saturated heterocycles. The smallest absolute Gasteiger partial charge is 0.126 e. The third-order valence-electron chi connectivity index (χ3n) is 3.30. The minimum Gasteiger partial charge on any atom is -0.310 e. The van der Waals surface area contributed by atoms with E-state index in [2.05, 4.69) is 15.3 Å². The van der Waals surface area contributed by atoms with Crippen LogP contribution in [0, 0.1) is 5.82 Å². The molecule has 0 fully saturated rings. The number of pyridine rings is 1. The van der Waals surface area contributed by atoms with E-state index in [0.717, 1.165) is 27.6 Å². The molecule has 2 aromatic heterocycles. The normalized spacial score (nSPS) is 10.8. The molecule has 0 atom stereocenters. The molecule has 1 N–H and O–H groups in total. The molecule has 0 bridgehead atoms.